The summed E-state index contributed by atoms with van der Waals surface area (Å²) in [4.78, 5) is 11.5. The van der Waals surface area contributed by atoms with E-state index in [1.165, 1.54) is 18.5 Å². The minimum atomic E-state index is -1.36. The van der Waals surface area contributed by atoms with Gasteiger partial charge in [-0.2, -0.15) is 0 Å². The minimum absolute atomic E-state index is 0.401. The molecule has 1 aromatic carbocycles. The molecule has 0 spiro atoms. The second-order valence-corrected chi connectivity index (χ2v) is 5.13. The number of aliphatic hydroxyl groups is 1. The lowest BCUT2D eigenvalue weighted by Gasteiger charge is -2.16. The number of benzene rings is 1. The molecule has 0 unspecified atom stereocenters. The zero-order chi connectivity index (χ0) is 11.8. The van der Waals surface area contributed by atoms with E-state index in [2.05, 4.69) is 5.32 Å². The van der Waals surface area contributed by atoms with Gasteiger partial charge in [-0.1, -0.05) is 0 Å². The van der Waals surface area contributed by atoms with Gasteiger partial charge in [0, 0.05) is 10.4 Å². The molecule has 1 aromatic heterocycles. The predicted octanol–water partition coefficient (Wildman–Crippen LogP) is 2.61. The van der Waals surface area contributed by atoms with Crippen molar-refractivity contribution < 1.29 is 9.90 Å². The summed E-state index contributed by atoms with van der Waals surface area (Å²) in [5, 5.41) is 15.3. The largest absolute Gasteiger partial charge is 0.381 e. The highest BCUT2D eigenvalue weighted by Gasteiger charge is 2.23. The van der Waals surface area contributed by atoms with Crippen molar-refractivity contribution in [2.45, 2.75) is 19.4 Å². The third-order valence-electron chi connectivity index (χ3n) is 2.27. The molecule has 0 aliphatic heterocycles. The van der Waals surface area contributed by atoms with E-state index in [1.807, 2.05) is 29.6 Å². The van der Waals surface area contributed by atoms with Gasteiger partial charge in [0.1, 0.15) is 5.60 Å². The van der Waals surface area contributed by atoms with Gasteiger partial charge >= 0.3 is 0 Å². The molecule has 84 valence electrons. The monoisotopic (exact) mass is 235 g/mol. The molecule has 2 N–H and O–H groups in total. The third-order valence-corrected chi connectivity index (χ3v) is 3.16. The van der Waals surface area contributed by atoms with Gasteiger partial charge < -0.3 is 10.4 Å². The van der Waals surface area contributed by atoms with Gasteiger partial charge in [0.2, 0.25) is 0 Å². The van der Waals surface area contributed by atoms with Crippen LogP contribution < -0.4 is 5.32 Å². The number of carbonyl (C=O) groups excluding carboxylic acids is 1. The number of carbonyl (C=O) groups is 1. The number of thiophene rings is 1. The van der Waals surface area contributed by atoms with Crippen molar-refractivity contribution >= 4 is 33.0 Å². The van der Waals surface area contributed by atoms with Gasteiger partial charge in [0.05, 0.1) is 0 Å². The van der Waals surface area contributed by atoms with Gasteiger partial charge in [-0.15, -0.1) is 11.3 Å². The first-order valence-electron chi connectivity index (χ1n) is 4.98. The minimum Gasteiger partial charge on any atom is -0.381 e. The number of anilines is 1. The fraction of sp³-hybridized carbons (Fsp3) is 0.250. The molecule has 0 bridgehead atoms. The molecule has 2 rings (SSSR count). The van der Waals surface area contributed by atoms with E-state index in [-0.39, 0.29) is 0 Å². The second-order valence-electron chi connectivity index (χ2n) is 4.19. The summed E-state index contributed by atoms with van der Waals surface area (Å²) in [6.07, 6.45) is 0. The second kappa shape index (κ2) is 3.88. The Labute approximate surface area is 97.7 Å². The summed E-state index contributed by atoms with van der Waals surface area (Å²) in [6, 6.07) is 7.69. The fourth-order valence-corrected chi connectivity index (χ4v) is 2.10. The Morgan fingerprint density at radius 2 is 2.12 bits per heavy atom. The molecule has 0 atom stereocenters. The summed E-state index contributed by atoms with van der Waals surface area (Å²) in [7, 11) is 0. The average Bonchev–Trinajstić information content (AvgIpc) is 2.63. The van der Waals surface area contributed by atoms with Gasteiger partial charge in [-0.3, -0.25) is 4.79 Å². The van der Waals surface area contributed by atoms with Crippen molar-refractivity contribution in [3.8, 4) is 0 Å². The molecule has 0 fully saturated rings. The van der Waals surface area contributed by atoms with Crippen molar-refractivity contribution in [3.63, 3.8) is 0 Å². The maximum atomic E-state index is 11.5. The molecule has 3 nitrogen and oxygen atoms in total. The van der Waals surface area contributed by atoms with Crippen molar-refractivity contribution in [1.82, 2.24) is 0 Å². The number of fused-ring (bicyclic) bond motifs is 1. The first-order chi connectivity index (χ1) is 7.47. The first kappa shape index (κ1) is 11.1. The van der Waals surface area contributed by atoms with Crippen LogP contribution in [0.2, 0.25) is 0 Å². The van der Waals surface area contributed by atoms with Crippen molar-refractivity contribution in [2.75, 3.05) is 5.32 Å². The molecule has 1 amide bonds. The Morgan fingerprint density at radius 3 is 2.81 bits per heavy atom. The van der Waals surface area contributed by atoms with E-state index in [9.17, 15) is 9.90 Å². The zero-order valence-electron chi connectivity index (χ0n) is 9.15. The van der Waals surface area contributed by atoms with Gasteiger partial charge in [-0.25, -0.2) is 0 Å². The van der Waals surface area contributed by atoms with Crippen LogP contribution in [0.4, 0.5) is 5.69 Å². The van der Waals surface area contributed by atoms with Crippen molar-refractivity contribution in [3.05, 3.63) is 29.6 Å². The molecule has 0 aliphatic rings. The molecular weight excluding hydrogens is 222 g/mol. The van der Waals surface area contributed by atoms with E-state index >= 15 is 0 Å². The maximum Gasteiger partial charge on any atom is 0.255 e. The summed E-state index contributed by atoms with van der Waals surface area (Å²) in [5.41, 5.74) is -0.651. The Kier molecular flexibility index (Phi) is 2.69. The number of rotatable bonds is 2. The van der Waals surface area contributed by atoms with Crippen molar-refractivity contribution in [2.24, 2.45) is 0 Å². The molecule has 0 aliphatic carbocycles. The zero-order valence-corrected chi connectivity index (χ0v) is 9.97. The number of amides is 1. The highest BCUT2D eigenvalue weighted by atomic mass is 32.1. The van der Waals surface area contributed by atoms with E-state index < -0.39 is 11.5 Å². The van der Waals surface area contributed by atoms with Crippen LogP contribution in [-0.2, 0) is 4.79 Å². The van der Waals surface area contributed by atoms with Gasteiger partial charge in [0.25, 0.3) is 5.91 Å². The summed E-state index contributed by atoms with van der Waals surface area (Å²) >= 11 is 1.66. The SMILES string of the molecule is CC(C)(O)C(=O)Nc1ccc2sccc2c1. The lowest BCUT2D eigenvalue weighted by molar-refractivity contribution is -0.130. The van der Waals surface area contributed by atoms with E-state index in [4.69, 9.17) is 0 Å². The van der Waals surface area contributed by atoms with E-state index in [0.717, 1.165) is 5.39 Å². The van der Waals surface area contributed by atoms with Crippen molar-refractivity contribution in [1.29, 1.82) is 0 Å². The molecule has 0 saturated heterocycles. The number of nitrogens with one attached hydrogen (secondary N) is 1. The van der Waals surface area contributed by atoms with Gasteiger partial charge in [0.15, 0.2) is 0 Å². The predicted molar refractivity (Wildman–Crippen MR) is 66.8 cm³/mol. The average molecular weight is 235 g/mol. The third kappa shape index (κ3) is 2.23. The standard InChI is InChI=1S/C12H13NO2S/c1-12(2,15)11(14)13-9-3-4-10-8(7-9)5-6-16-10/h3-7,15H,1-2H3,(H,13,14). The lowest BCUT2D eigenvalue weighted by atomic mass is 10.1. The Bertz CT molecular complexity index is 525. The van der Waals surface area contributed by atoms with E-state index in [1.54, 1.807) is 11.3 Å². The molecule has 4 heteroatoms. The quantitative estimate of drug-likeness (QED) is 0.840. The topological polar surface area (TPSA) is 49.3 Å². The van der Waals surface area contributed by atoms with Gasteiger partial charge in [-0.05, 0) is 48.9 Å². The van der Waals surface area contributed by atoms with E-state index in [0.29, 0.717) is 5.69 Å². The van der Waals surface area contributed by atoms with Crippen LogP contribution in [0.3, 0.4) is 0 Å². The fourth-order valence-electron chi connectivity index (χ4n) is 1.33. The normalized spacial score (nSPS) is 11.7. The smallest absolute Gasteiger partial charge is 0.255 e. The maximum absolute atomic E-state index is 11.5. The van der Waals surface area contributed by atoms with Crippen LogP contribution in [0.25, 0.3) is 10.1 Å². The highest BCUT2D eigenvalue weighted by molar-refractivity contribution is 7.17. The molecule has 1 heterocycles. The molecule has 0 radical (unpaired) electrons. The Hall–Kier alpha value is -1.39. The number of hydrogen-bond donors (Lipinski definition) is 2. The van der Waals surface area contributed by atoms with Crippen LogP contribution in [-0.4, -0.2) is 16.6 Å². The van der Waals surface area contributed by atoms with Crippen LogP contribution in [0.5, 0.6) is 0 Å². The van der Waals surface area contributed by atoms with Crippen LogP contribution in [0.1, 0.15) is 13.8 Å². The molecule has 16 heavy (non-hydrogen) atoms. The summed E-state index contributed by atoms with van der Waals surface area (Å²) < 4.78 is 1.18. The molecular formula is C12H13NO2S. The van der Waals surface area contributed by atoms with Crippen LogP contribution in [0.15, 0.2) is 29.6 Å². The highest BCUT2D eigenvalue weighted by Crippen LogP contribution is 2.24. The summed E-state index contributed by atoms with van der Waals surface area (Å²) in [5.74, 6) is -0.401. The van der Waals surface area contributed by atoms with Crippen LogP contribution in [0, 0.1) is 0 Å². The first-order valence-corrected chi connectivity index (χ1v) is 5.86. The number of hydrogen-bond acceptors (Lipinski definition) is 3. The van der Waals surface area contributed by atoms with Crippen LogP contribution >= 0.6 is 11.3 Å². The Morgan fingerprint density at radius 1 is 1.38 bits per heavy atom. The lowest BCUT2D eigenvalue weighted by Crippen LogP contribution is -2.36. The molecule has 0 saturated carbocycles. The summed E-state index contributed by atoms with van der Waals surface area (Å²) in [6.45, 7) is 2.93. The molecule has 2 aromatic rings. The Balaban J connectivity index is 2.24.